The molecular weight excluding hydrogens is 356 g/mol. The van der Waals surface area contributed by atoms with Crippen molar-refractivity contribution in [2.24, 2.45) is 5.92 Å². The van der Waals surface area contributed by atoms with Crippen molar-refractivity contribution in [3.63, 3.8) is 0 Å². The number of ether oxygens (including phenoxy) is 5. The van der Waals surface area contributed by atoms with Crippen LogP contribution in [0.15, 0.2) is 6.07 Å². The molecule has 1 aromatic rings. The van der Waals surface area contributed by atoms with Gasteiger partial charge >= 0.3 is 0 Å². The molecule has 1 aromatic carbocycles. The molecule has 0 spiro atoms. The second-order valence-corrected chi connectivity index (χ2v) is 7.32. The number of benzene rings is 1. The van der Waals surface area contributed by atoms with Gasteiger partial charge in [0.1, 0.15) is 0 Å². The smallest absolute Gasteiger partial charge is 0.0723 e. The SMILES string of the molecule is CC.COCCOCc1cc2c(c(COCCOC)c1C)CC1C(C)OC1C2. The molecular formula is C23H38O5. The van der Waals surface area contributed by atoms with Crippen molar-refractivity contribution in [3.8, 4) is 0 Å². The molecule has 3 rings (SSSR count). The van der Waals surface area contributed by atoms with E-state index in [4.69, 9.17) is 23.7 Å². The van der Waals surface area contributed by atoms with Crippen LogP contribution in [0.1, 0.15) is 48.6 Å². The summed E-state index contributed by atoms with van der Waals surface area (Å²) >= 11 is 0. The van der Waals surface area contributed by atoms with E-state index in [1.54, 1.807) is 14.2 Å². The van der Waals surface area contributed by atoms with E-state index >= 15 is 0 Å². The Bertz CT molecular complexity index is 601. The third kappa shape index (κ3) is 5.55. The molecule has 0 N–H and O–H groups in total. The van der Waals surface area contributed by atoms with Gasteiger partial charge in [0.25, 0.3) is 0 Å². The predicted molar refractivity (Wildman–Crippen MR) is 111 cm³/mol. The minimum atomic E-state index is 0.368. The molecule has 5 heteroatoms. The van der Waals surface area contributed by atoms with Gasteiger partial charge in [-0.15, -0.1) is 0 Å². The summed E-state index contributed by atoms with van der Waals surface area (Å²) in [5.41, 5.74) is 6.75. The van der Waals surface area contributed by atoms with Gasteiger partial charge in [0, 0.05) is 20.1 Å². The van der Waals surface area contributed by atoms with Crippen LogP contribution in [-0.2, 0) is 49.7 Å². The molecule has 0 saturated carbocycles. The molecule has 160 valence electrons. The van der Waals surface area contributed by atoms with E-state index in [0.717, 1.165) is 12.8 Å². The third-order valence-electron chi connectivity index (χ3n) is 5.73. The Kier molecular flexibility index (Phi) is 9.89. The second kappa shape index (κ2) is 11.9. The highest BCUT2D eigenvalue weighted by atomic mass is 16.5. The zero-order chi connectivity index (χ0) is 20.5. The third-order valence-corrected chi connectivity index (χ3v) is 5.73. The van der Waals surface area contributed by atoms with Gasteiger partial charge in [0.05, 0.1) is 51.8 Å². The summed E-state index contributed by atoms with van der Waals surface area (Å²) in [4.78, 5) is 0. The molecule has 3 unspecified atom stereocenters. The van der Waals surface area contributed by atoms with Crippen molar-refractivity contribution in [1.82, 2.24) is 0 Å². The maximum atomic E-state index is 5.94. The van der Waals surface area contributed by atoms with Gasteiger partial charge in [-0.1, -0.05) is 19.9 Å². The van der Waals surface area contributed by atoms with Gasteiger partial charge in [-0.3, -0.25) is 0 Å². The summed E-state index contributed by atoms with van der Waals surface area (Å²) < 4.78 is 27.8. The highest BCUT2D eigenvalue weighted by molar-refractivity contribution is 5.47. The topological polar surface area (TPSA) is 46.2 Å². The average Bonchev–Trinajstić information content (AvgIpc) is 2.71. The van der Waals surface area contributed by atoms with Crippen molar-refractivity contribution >= 4 is 0 Å². The number of rotatable bonds is 10. The average molecular weight is 395 g/mol. The first-order chi connectivity index (χ1) is 13.7. The molecule has 5 nitrogen and oxygen atoms in total. The van der Waals surface area contributed by atoms with E-state index in [0.29, 0.717) is 57.8 Å². The zero-order valence-corrected chi connectivity index (χ0v) is 18.5. The summed E-state index contributed by atoms with van der Waals surface area (Å²) in [6.07, 6.45) is 2.84. The highest BCUT2D eigenvalue weighted by Gasteiger charge is 2.43. The number of fused-ring (bicyclic) bond motifs is 2. The molecule has 1 saturated heterocycles. The molecule has 3 atom stereocenters. The summed E-state index contributed by atoms with van der Waals surface area (Å²) in [6, 6.07) is 2.32. The Hall–Kier alpha value is -0.980. The van der Waals surface area contributed by atoms with Gasteiger partial charge < -0.3 is 23.7 Å². The fraction of sp³-hybridized carbons (Fsp3) is 0.739. The molecule has 2 aliphatic rings. The van der Waals surface area contributed by atoms with E-state index in [-0.39, 0.29) is 0 Å². The maximum Gasteiger partial charge on any atom is 0.0723 e. The largest absolute Gasteiger partial charge is 0.382 e. The minimum Gasteiger partial charge on any atom is -0.382 e. The van der Waals surface area contributed by atoms with Crippen LogP contribution < -0.4 is 0 Å². The summed E-state index contributed by atoms with van der Waals surface area (Å²) in [5, 5.41) is 0. The van der Waals surface area contributed by atoms with Crippen molar-refractivity contribution < 1.29 is 23.7 Å². The molecule has 1 aliphatic carbocycles. The van der Waals surface area contributed by atoms with Crippen molar-refractivity contribution in [2.75, 3.05) is 40.6 Å². The lowest BCUT2D eigenvalue weighted by molar-refractivity contribution is -0.177. The lowest BCUT2D eigenvalue weighted by Gasteiger charge is -2.47. The first kappa shape index (κ1) is 23.3. The van der Waals surface area contributed by atoms with Gasteiger partial charge in [-0.2, -0.15) is 0 Å². The quantitative estimate of drug-likeness (QED) is 0.564. The maximum absolute atomic E-state index is 5.94. The molecule has 0 amide bonds. The second-order valence-electron chi connectivity index (χ2n) is 7.32. The van der Waals surface area contributed by atoms with Crippen molar-refractivity contribution in [2.45, 2.75) is 66.0 Å². The van der Waals surface area contributed by atoms with Crippen LogP contribution in [0.4, 0.5) is 0 Å². The van der Waals surface area contributed by atoms with Gasteiger partial charge in [0.2, 0.25) is 0 Å². The summed E-state index contributed by atoms with van der Waals surface area (Å²) in [6.45, 7) is 12.1. The molecule has 28 heavy (non-hydrogen) atoms. The monoisotopic (exact) mass is 394 g/mol. The number of hydrogen-bond donors (Lipinski definition) is 0. The van der Waals surface area contributed by atoms with E-state index in [1.165, 1.54) is 27.8 Å². The van der Waals surface area contributed by atoms with Gasteiger partial charge in [0.15, 0.2) is 0 Å². The predicted octanol–water partition coefficient (Wildman–Crippen LogP) is 3.85. The summed E-state index contributed by atoms with van der Waals surface area (Å²) in [5.74, 6) is 0.642. The molecule has 0 radical (unpaired) electrons. The van der Waals surface area contributed by atoms with E-state index in [1.807, 2.05) is 13.8 Å². The van der Waals surface area contributed by atoms with Crippen molar-refractivity contribution in [1.29, 1.82) is 0 Å². The van der Waals surface area contributed by atoms with Crippen LogP contribution in [0.3, 0.4) is 0 Å². The Morgan fingerprint density at radius 1 is 0.964 bits per heavy atom. The zero-order valence-electron chi connectivity index (χ0n) is 18.5. The lowest BCUT2D eigenvalue weighted by atomic mass is 9.73. The lowest BCUT2D eigenvalue weighted by Crippen LogP contribution is -2.51. The molecule has 0 aromatic heterocycles. The number of hydrogen-bond acceptors (Lipinski definition) is 5. The Labute approximate surface area is 170 Å². The molecule has 0 bridgehead atoms. The van der Waals surface area contributed by atoms with E-state index < -0.39 is 0 Å². The van der Waals surface area contributed by atoms with Gasteiger partial charge in [-0.25, -0.2) is 0 Å². The van der Waals surface area contributed by atoms with Crippen LogP contribution in [0.5, 0.6) is 0 Å². The number of methoxy groups -OCH3 is 2. The standard InChI is InChI=1S/C21H32O5.C2H6/c1-14-17(12-24-7-5-22-3)9-16-10-21-18(15(2)26-21)11-19(16)20(14)13-25-8-6-23-4;1-2/h9,15,18,21H,5-8,10-13H2,1-4H3;1-2H3. The first-order valence-corrected chi connectivity index (χ1v) is 10.6. The van der Waals surface area contributed by atoms with Crippen LogP contribution in [0.25, 0.3) is 0 Å². The van der Waals surface area contributed by atoms with Crippen LogP contribution >= 0.6 is 0 Å². The minimum absolute atomic E-state index is 0.368. The van der Waals surface area contributed by atoms with Crippen LogP contribution in [0, 0.1) is 12.8 Å². The van der Waals surface area contributed by atoms with E-state index in [9.17, 15) is 0 Å². The van der Waals surface area contributed by atoms with E-state index in [2.05, 4.69) is 19.9 Å². The fourth-order valence-corrected chi connectivity index (χ4v) is 4.08. The van der Waals surface area contributed by atoms with Crippen molar-refractivity contribution in [3.05, 3.63) is 33.9 Å². The Balaban J connectivity index is 0.00000136. The molecule has 1 aliphatic heterocycles. The molecule has 1 heterocycles. The normalized spacial score (nSPS) is 22.6. The highest BCUT2D eigenvalue weighted by Crippen LogP contribution is 2.41. The Morgan fingerprint density at radius 3 is 2.21 bits per heavy atom. The van der Waals surface area contributed by atoms with Gasteiger partial charge in [-0.05, 0) is 54.5 Å². The Morgan fingerprint density at radius 2 is 1.61 bits per heavy atom. The molecule has 1 fully saturated rings. The van der Waals surface area contributed by atoms with Crippen LogP contribution in [-0.4, -0.2) is 52.9 Å². The summed E-state index contributed by atoms with van der Waals surface area (Å²) in [7, 11) is 3.39. The van der Waals surface area contributed by atoms with Crippen LogP contribution in [0.2, 0.25) is 0 Å². The first-order valence-electron chi connectivity index (χ1n) is 10.6. The fourth-order valence-electron chi connectivity index (χ4n) is 4.08.